The number of aromatic nitrogens is 1. The lowest BCUT2D eigenvalue weighted by Gasteiger charge is -2.27. The molecule has 0 aromatic carbocycles. The van der Waals surface area contributed by atoms with Crippen LogP contribution in [0.1, 0.15) is 35.1 Å². The first kappa shape index (κ1) is 17.6. The zero-order valence-electron chi connectivity index (χ0n) is 13.7. The van der Waals surface area contributed by atoms with Crippen molar-refractivity contribution < 1.29 is 13.2 Å². The molecule has 1 aliphatic rings. The molecule has 2 aromatic rings. The molecule has 24 heavy (non-hydrogen) atoms. The molecule has 1 aliphatic heterocycles. The molecule has 0 spiro atoms. The number of amides is 1. The van der Waals surface area contributed by atoms with E-state index in [2.05, 4.69) is 4.98 Å². The molecule has 130 valence electrons. The van der Waals surface area contributed by atoms with Gasteiger partial charge in [-0.3, -0.25) is 4.79 Å². The van der Waals surface area contributed by atoms with Crippen LogP contribution < -0.4 is 0 Å². The second-order valence-corrected chi connectivity index (χ2v) is 10.1. The van der Waals surface area contributed by atoms with E-state index in [9.17, 15) is 13.2 Å². The Morgan fingerprint density at radius 1 is 1.46 bits per heavy atom. The summed E-state index contributed by atoms with van der Waals surface area (Å²) in [4.78, 5) is 21.0. The summed E-state index contributed by atoms with van der Waals surface area (Å²) in [6.45, 7) is 4.42. The van der Waals surface area contributed by atoms with Gasteiger partial charge in [-0.25, -0.2) is 13.4 Å². The maximum absolute atomic E-state index is 13.0. The van der Waals surface area contributed by atoms with Crippen molar-refractivity contribution in [3.63, 3.8) is 0 Å². The van der Waals surface area contributed by atoms with Gasteiger partial charge in [-0.1, -0.05) is 13.0 Å². The molecule has 1 amide bonds. The first-order valence-electron chi connectivity index (χ1n) is 7.94. The topological polar surface area (TPSA) is 67.3 Å². The first-order valence-corrected chi connectivity index (χ1v) is 11.5. The van der Waals surface area contributed by atoms with Crippen molar-refractivity contribution in [1.82, 2.24) is 9.88 Å². The summed E-state index contributed by atoms with van der Waals surface area (Å²) in [6, 6.07) is 3.74. The summed E-state index contributed by atoms with van der Waals surface area (Å²) in [7, 11) is -3.02. The molecular formula is C16H20N2O3S3. The van der Waals surface area contributed by atoms with Gasteiger partial charge < -0.3 is 4.90 Å². The highest BCUT2D eigenvalue weighted by Gasteiger charge is 2.35. The molecule has 8 heteroatoms. The third-order valence-electron chi connectivity index (χ3n) is 4.10. The standard InChI is InChI=1S/C16H20N2O3S3/c1-3-7-18(12-6-9-24(20,21)10-12)16(19)14-11(2)17-15(23-14)13-5-4-8-22-13/h4-5,8,12H,3,6-7,9-10H2,1-2H3. The van der Waals surface area contributed by atoms with Crippen molar-refractivity contribution in [3.05, 3.63) is 28.1 Å². The van der Waals surface area contributed by atoms with Crippen LogP contribution in [0.25, 0.3) is 9.88 Å². The molecule has 3 heterocycles. The molecule has 0 saturated carbocycles. The number of nitrogens with zero attached hydrogens (tertiary/aromatic N) is 2. The number of hydrogen-bond acceptors (Lipinski definition) is 6. The van der Waals surface area contributed by atoms with Crippen LogP contribution in [0, 0.1) is 6.92 Å². The van der Waals surface area contributed by atoms with E-state index in [1.807, 2.05) is 31.4 Å². The van der Waals surface area contributed by atoms with Crippen LogP contribution in [-0.2, 0) is 9.84 Å². The van der Waals surface area contributed by atoms with Crippen LogP contribution >= 0.6 is 22.7 Å². The molecule has 0 radical (unpaired) electrons. The number of thiazole rings is 1. The van der Waals surface area contributed by atoms with Crippen molar-refractivity contribution >= 4 is 38.4 Å². The number of carbonyl (C=O) groups excluding carboxylic acids is 1. The second-order valence-electron chi connectivity index (χ2n) is 5.97. The summed E-state index contributed by atoms with van der Waals surface area (Å²) in [5.41, 5.74) is 0.718. The van der Waals surface area contributed by atoms with Gasteiger partial charge in [0, 0.05) is 12.6 Å². The van der Waals surface area contributed by atoms with Gasteiger partial charge in [-0.05, 0) is 31.2 Å². The number of thiophene rings is 1. The van der Waals surface area contributed by atoms with Crippen LogP contribution in [0.15, 0.2) is 17.5 Å². The first-order chi connectivity index (χ1) is 11.4. The molecule has 0 aliphatic carbocycles. The summed E-state index contributed by atoms with van der Waals surface area (Å²) < 4.78 is 23.6. The van der Waals surface area contributed by atoms with Crippen molar-refractivity contribution in [3.8, 4) is 9.88 Å². The molecule has 1 unspecified atom stereocenters. The van der Waals surface area contributed by atoms with Crippen LogP contribution in [0.4, 0.5) is 0 Å². The minimum Gasteiger partial charge on any atom is -0.334 e. The van der Waals surface area contributed by atoms with Crippen LogP contribution in [0.2, 0.25) is 0 Å². The minimum absolute atomic E-state index is 0.0778. The maximum Gasteiger partial charge on any atom is 0.266 e. The Hall–Kier alpha value is -1.25. The fourth-order valence-corrected chi connectivity index (χ4v) is 6.49. The van der Waals surface area contributed by atoms with E-state index in [0.29, 0.717) is 17.8 Å². The van der Waals surface area contributed by atoms with E-state index in [1.165, 1.54) is 11.3 Å². The molecule has 0 bridgehead atoms. The molecule has 0 N–H and O–H groups in total. The van der Waals surface area contributed by atoms with Crippen molar-refractivity contribution in [1.29, 1.82) is 0 Å². The third-order valence-corrected chi connectivity index (χ3v) is 8.03. The normalized spacial score (nSPS) is 19.5. The molecule has 3 rings (SSSR count). The van der Waals surface area contributed by atoms with E-state index in [0.717, 1.165) is 22.0 Å². The molecular weight excluding hydrogens is 364 g/mol. The maximum atomic E-state index is 13.0. The summed E-state index contributed by atoms with van der Waals surface area (Å²) in [6.07, 6.45) is 1.33. The highest BCUT2D eigenvalue weighted by molar-refractivity contribution is 7.91. The molecule has 5 nitrogen and oxygen atoms in total. The Bertz CT molecular complexity index is 825. The number of sulfone groups is 1. The van der Waals surface area contributed by atoms with Gasteiger partial charge in [0.15, 0.2) is 9.84 Å². The Balaban J connectivity index is 1.88. The highest BCUT2D eigenvalue weighted by atomic mass is 32.2. The molecule has 1 saturated heterocycles. The number of carbonyl (C=O) groups is 1. The van der Waals surface area contributed by atoms with Crippen LogP contribution in [0.3, 0.4) is 0 Å². The lowest BCUT2D eigenvalue weighted by Crippen LogP contribution is -2.41. The van der Waals surface area contributed by atoms with Gasteiger partial charge in [0.2, 0.25) is 0 Å². The summed E-state index contributed by atoms with van der Waals surface area (Å²) >= 11 is 2.99. The van der Waals surface area contributed by atoms with Crippen LogP contribution in [-0.4, -0.2) is 48.3 Å². The van der Waals surface area contributed by atoms with Crippen LogP contribution in [0.5, 0.6) is 0 Å². The Kier molecular flexibility index (Phi) is 5.08. The van der Waals surface area contributed by atoms with E-state index >= 15 is 0 Å². The number of aryl methyl sites for hydroxylation is 1. The zero-order valence-corrected chi connectivity index (χ0v) is 16.1. The Labute approximate surface area is 150 Å². The lowest BCUT2D eigenvalue weighted by atomic mass is 10.2. The smallest absolute Gasteiger partial charge is 0.266 e. The molecule has 1 atom stereocenters. The highest BCUT2D eigenvalue weighted by Crippen LogP contribution is 2.32. The van der Waals surface area contributed by atoms with E-state index in [-0.39, 0.29) is 23.5 Å². The van der Waals surface area contributed by atoms with Gasteiger partial charge in [-0.15, -0.1) is 22.7 Å². The summed E-state index contributed by atoms with van der Waals surface area (Å²) in [5, 5.41) is 2.83. The fraction of sp³-hybridized carbons (Fsp3) is 0.500. The van der Waals surface area contributed by atoms with Gasteiger partial charge in [0.25, 0.3) is 5.91 Å². The number of rotatable bonds is 5. The lowest BCUT2D eigenvalue weighted by molar-refractivity contribution is 0.0701. The fourth-order valence-electron chi connectivity index (χ4n) is 2.94. The predicted molar refractivity (Wildman–Crippen MR) is 98.6 cm³/mol. The van der Waals surface area contributed by atoms with E-state index in [1.54, 1.807) is 16.2 Å². The van der Waals surface area contributed by atoms with Gasteiger partial charge >= 0.3 is 0 Å². The Morgan fingerprint density at radius 3 is 2.83 bits per heavy atom. The average Bonchev–Trinajstić information content (AvgIpc) is 3.23. The van der Waals surface area contributed by atoms with Gasteiger partial charge in [-0.2, -0.15) is 0 Å². The SMILES string of the molecule is CCCN(C(=O)c1sc(-c2cccs2)nc1C)C1CCS(=O)(=O)C1. The number of hydrogen-bond donors (Lipinski definition) is 0. The second kappa shape index (κ2) is 6.93. The minimum atomic E-state index is -3.02. The van der Waals surface area contributed by atoms with E-state index in [4.69, 9.17) is 0 Å². The third kappa shape index (κ3) is 3.55. The molecule has 2 aromatic heterocycles. The van der Waals surface area contributed by atoms with Crippen molar-refractivity contribution in [2.75, 3.05) is 18.1 Å². The largest absolute Gasteiger partial charge is 0.334 e. The van der Waals surface area contributed by atoms with E-state index < -0.39 is 9.84 Å². The average molecular weight is 385 g/mol. The quantitative estimate of drug-likeness (QED) is 0.794. The zero-order chi connectivity index (χ0) is 17.3. The summed E-state index contributed by atoms with van der Waals surface area (Å²) in [5.74, 6) is 0.165. The predicted octanol–water partition coefficient (Wildman–Crippen LogP) is 3.22. The molecule has 1 fully saturated rings. The van der Waals surface area contributed by atoms with Gasteiger partial charge in [0.1, 0.15) is 9.88 Å². The monoisotopic (exact) mass is 384 g/mol. The van der Waals surface area contributed by atoms with Crippen molar-refractivity contribution in [2.24, 2.45) is 0 Å². The van der Waals surface area contributed by atoms with Crippen molar-refractivity contribution in [2.45, 2.75) is 32.7 Å². The van der Waals surface area contributed by atoms with Gasteiger partial charge in [0.05, 0.1) is 22.1 Å². The Morgan fingerprint density at radius 2 is 2.25 bits per heavy atom.